The summed E-state index contributed by atoms with van der Waals surface area (Å²) < 4.78 is 11.8. The molecule has 0 aliphatic rings. The van der Waals surface area contributed by atoms with Gasteiger partial charge >= 0.3 is 0 Å². The zero-order valence-corrected chi connectivity index (χ0v) is 16.2. The molecule has 0 atom stereocenters. The first-order chi connectivity index (χ1) is 11.7. The number of benzene rings is 1. The zero-order valence-electron chi connectivity index (χ0n) is 13.8. The average molecular weight is 412 g/mol. The maximum Gasteiger partial charge on any atom is 0.195 e. The van der Waals surface area contributed by atoms with E-state index in [0.717, 1.165) is 34.8 Å². The molecule has 2 N–H and O–H groups in total. The second-order valence-electron chi connectivity index (χ2n) is 5.00. The van der Waals surface area contributed by atoms with Crippen LogP contribution in [-0.4, -0.2) is 33.3 Å². The van der Waals surface area contributed by atoms with Gasteiger partial charge in [-0.05, 0) is 34.1 Å². The van der Waals surface area contributed by atoms with Crippen LogP contribution in [0.25, 0.3) is 0 Å². The van der Waals surface area contributed by atoms with Gasteiger partial charge in [-0.3, -0.25) is 4.99 Å². The van der Waals surface area contributed by atoms with E-state index in [1.807, 2.05) is 24.3 Å². The normalized spacial score (nSPS) is 11.4. The van der Waals surface area contributed by atoms with Crippen LogP contribution in [0.2, 0.25) is 0 Å². The Balaban J connectivity index is 1.86. The van der Waals surface area contributed by atoms with E-state index >= 15 is 0 Å². The summed E-state index contributed by atoms with van der Waals surface area (Å²) in [5.41, 5.74) is 0.930. The summed E-state index contributed by atoms with van der Waals surface area (Å²) in [5, 5.41) is 8.64. The maximum absolute atomic E-state index is 5.71. The molecule has 0 aliphatic heterocycles. The first kappa shape index (κ1) is 18.8. The third-order valence-corrected chi connectivity index (χ3v) is 4.83. The van der Waals surface area contributed by atoms with Crippen LogP contribution in [0.3, 0.4) is 0 Å². The van der Waals surface area contributed by atoms with Gasteiger partial charge in [-0.15, -0.1) is 11.3 Å². The van der Waals surface area contributed by atoms with E-state index in [9.17, 15) is 0 Å². The Morgan fingerprint density at radius 1 is 1.29 bits per heavy atom. The highest BCUT2D eigenvalue weighted by atomic mass is 79.9. The van der Waals surface area contributed by atoms with Crippen molar-refractivity contribution in [1.82, 2.24) is 5.32 Å². The second-order valence-corrected chi connectivity index (χ2v) is 6.92. The summed E-state index contributed by atoms with van der Waals surface area (Å²) in [7, 11) is 3.45. The van der Waals surface area contributed by atoms with E-state index in [4.69, 9.17) is 9.47 Å². The minimum Gasteiger partial charge on any atom is -0.493 e. The molecule has 24 heavy (non-hydrogen) atoms. The predicted molar refractivity (Wildman–Crippen MR) is 104 cm³/mol. The fourth-order valence-electron chi connectivity index (χ4n) is 1.99. The minimum atomic E-state index is 0.636. The van der Waals surface area contributed by atoms with Crippen molar-refractivity contribution >= 4 is 38.9 Å². The van der Waals surface area contributed by atoms with Gasteiger partial charge in [0.05, 0.1) is 13.2 Å². The van der Waals surface area contributed by atoms with Crippen LogP contribution in [-0.2, 0) is 11.3 Å². The smallest absolute Gasteiger partial charge is 0.195 e. The number of halogens is 1. The number of thiophene rings is 1. The number of guanidine groups is 1. The van der Waals surface area contributed by atoms with Gasteiger partial charge in [0.2, 0.25) is 0 Å². The molecule has 130 valence electrons. The molecular weight excluding hydrogens is 390 g/mol. The molecular formula is C17H22BrN3O2S. The molecule has 0 aliphatic carbocycles. The van der Waals surface area contributed by atoms with Crippen LogP contribution in [0, 0.1) is 0 Å². The Hall–Kier alpha value is -1.57. The molecule has 0 fully saturated rings. The summed E-state index contributed by atoms with van der Waals surface area (Å²) in [6.45, 7) is 2.06. The highest BCUT2D eigenvalue weighted by Crippen LogP contribution is 2.20. The number of aliphatic imine (C=N–C) groups is 1. The molecule has 5 nitrogen and oxygen atoms in total. The SMILES string of the molecule is CN=C(NCc1cc(Br)cs1)Nc1cccc(OCCCOC)c1. The van der Waals surface area contributed by atoms with Gasteiger partial charge in [-0.1, -0.05) is 6.07 Å². The summed E-state index contributed by atoms with van der Waals surface area (Å²) in [6.07, 6.45) is 0.869. The van der Waals surface area contributed by atoms with E-state index in [1.165, 1.54) is 4.88 Å². The van der Waals surface area contributed by atoms with E-state index in [-0.39, 0.29) is 0 Å². The topological polar surface area (TPSA) is 54.9 Å². The molecule has 0 saturated heterocycles. The number of anilines is 1. The van der Waals surface area contributed by atoms with Crippen LogP contribution in [0.1, 0.15) is 11.3 Å². The number of hydrogen-bond acceptors (Lipinski definition) is 4. The van der Waals surface area contributed by atoms with Crippen LogP contribution in [0.4, 0.5) is 5.69 Å². The van der Waals surface area contributed by atoms with Crippen molar-refractivity contribution in [1.29, 1.82) is 0 Å². The highest BCUT2D eigenvalue weighted by molar-refractivity contribution is 9.10. The fraction of sp³-hybridized carbons (Fsp3) is 0.353. The lowest BCUT2D eigenvalue weighted by Gasteiger charge is -2.12. The van der Waals surface area contributed by atoms with E-state index in [0.29, 0.717) is 13.2 Å². The molecule has 2 rings (SSSR count). The monoisotopic (exact) mass is 411 g/mol. The third-order valence-electron chi connectivity index (χ3n) is 3.13. The van der Waals surface area contributed by atoms with Crippen LogP contribution in [0.5, 0.6) is 5.75 Å². The zero-order chi connectivity index (χ0) is 17.2. The molecule has 0 spiro atoms. The molecule has 7 heteroatoms. The van der Waals surface area contributed by atoms with Gasteiger partial charge in [-0.2, -0.15) is 0 Å². The maximum atomic E-state index is 5.71. The van der Waals surface area contributed by atoms with E-state index in [2.05, 4.69) is 43.0 Å². The van der Waals surface area contributed by atoms with Gasteiger partial charge in [0.1, 0.15) is 5.75 Å². The molecule has 2 aromatic rings. The molecule has 0 bridgehead atoms. The number of ether oxygens (including phenoxy) is 2. The Bertz CT molecular complexity index is 661. The molecule has 1 heterocycles. The number of methoxy groups -OCH3 is 1. The molecule has 1 aromatic heterocycles. The Morgan fingerprint density at radius 3 is 2.88 bits per heavy atom. The van der Waals surface area contributed by atoms with Crippen molar-refractivity contribution < 1.29 is 9.47 Å². The van der Waals surface area contributed by atoms with Crippen molar-refractivity contribution in [3.63, 3.8) is 0 Å². The summed E-state index contributed by atoms with van der Waals surface area (Å²) >= 11 is 5.16. The van der Waals surface area contributed by atoms with Gasteiger partial charge in [0.25, 0.3) is 0 Å². The Kier molecular flexibility index (Phi) is 8.07. The van der Waals surface area contributed by atoms with Gasteiger partial charge in [0, 0.05) is 53.7 Å². The predicted octanol–water partition coefficient (Wildman–Crippen LogP) is 4.11. The lowest BCUT2D eigenvalue weighted by Crippen LogP contribution is -2.29. The number of nitrogens with zero attached hydrogens (tertiary/aromatic N) is 1. The average Bonchev–Trinajstić information content (AvgIpc) is 3.01. The van der Waals surface area contributed by atoms with Crippen molar-refractivity contribution in [3.8, 4) is 5.75 Å². The van der Waals surface area contributed by atoms with E-state index in [1.54, 1.807) is 25.5 Å². The summed E-state index contributed by atoms with van der Waals surface area (Å²) in [6, 6.07) is 9.94. The molecule has 0 saturated carbocycles. The summed E-state index contributed by atoms with van der Waals surface area (Å²) in [4.78, 5) is 5.49. The molecule has 1 aromatic carbocycles. The van der Waals surface area contributed by atoms with Crippen LogP contribution >= 0.6 is 27.3 Å². The van der Waals surface area contributed by atoms with Crippen LogP contribution < -0.4 is 15.4 Å². The highest BCUT2D eigenvalue weighted by Gasteiger charge is 2.03. The molecule has 0 radical (unpaired) electrons. The van der Waals surface area contributed by atoms with Crippen molar-refractivity contribution in [3.05, 3.63) is 45.1 Å². The minimum absolute atomic E-state index is 0.636. The largest absolute Gasteiger partial charge is 0.493 e. The molecule has 0 unspecified atom stereocenters. The van der Waals surface area contributed by atoms with Crippen molar-refractivity contribution in [2.45, 2.75) is 13.0 Å². The van der Waals surface area contributed by atoms with Gasteiger partial charge < -0.3 is 20.1 Å². The lowest BCUT2D eigenvalue weighted by atomic mass is 10.3. The first-order valence-electron chi connectivity index (χ1n) is 7.63. The second kappa shape index (κ2) is 10.3. The van der Waals surface area contributed by atoms with Crippen molar-refractivity contribution in [2.24, 2.45) is 4.99 Å². The van der Waals surface area contributed by atoms with Crippen molar-refractivity contribution in [2.75, 3.05) is 32.7 Å². The fourth-order valence-corrected chi connectivity index (χ4v) is 3.38. The Morgan fingerprint density at radius 2 is 2.17 bits per heavy atom. The van der Waals surface area contributed by atoms with Gasteiger partial charge in [-0.25, -0.2) is 0 Å². The number of rotatable bonds is 8. The standard InChI is InChI=1S/C17H22BrN3O2S/c1-19-17(20-11-16-9-13(18)12-24-16)21-14-5-3-6-15(10-14)23-8-4-7-22-2/h3,5-6,9-10,12H,4,7-8,11H2,1-2H3,(H2,19,20,21). The van der Waals surface area contributed by atoms with E-state index < -0.39 is 0 Å². The number of nitrogens with one attached hydrogen (secondary N) is 2. The quantitative estimate of drug-likeness (QED) is 0.389. The molecule has 0 amide bonds. The lowest BCUT2D eigenvalue weighted by molar-refractivity contribution is 0.172. The summed E-state index contributed by atoms with van der Waals surface area (Å²) in [5.74, 6) is 1.55. The number of hydrogen-bond donors (Lipinski definition) is 2. The third kappa shape index (κ3) is 6.51. The van der Waals surface area contributed by atoms with Crippen LogP contribution in [0.15, 0.2) is 45.2 Å². The van der Waals surface area contributed by atoms with Gasteiger partial charge in [0.15, 0.2) is 5.96 Å². The first-order valence-corrected chi connectivity index (χ1v) is 9.31. The Labute approximate surface area is 155 Å².